The Morgan fingerprint density at radius 3 is 2.32 bits per heavy atom. The average molecular weight is 612 g/mol. The standard InChI is InChI=1S/C31H41N5O8/c1-13(2)10-36-11-15(12-36)30(43)33-18-9-19(34(3)4)16-7-14-8-17-23(35(5)6)26(39)22(29(32)42)28(41)31(17,44)27(40)20(14)25(38)21(16)24(18)37/h9,13-15,17,23,37,39-40,44H,7-8,10-12H2,1-6H3,(H2,32,42)(H,33,43)/t14-,17-,23-,31-/m0/s1. The molecule has 0 bridgehead atoms. The summed E-state index contributed by atoms with van der Waals surface area (Å²) in [5.74, 6) is -7.33. The maximum atomic E-state index is 14.2. The fourth-order valence-corrected chi connectivity index (χ4v) is 7.43. The van der Waals surface area contributed by atoms with E-state index >= 15 is 0 Å². The second kappa shape index (κ2) is 10.9. The zero-order chi connectivity index (χ0) is 32.6. The first-order valence-corrected chi connectivity index (χ1v) is 14.7. The number of likely N-dealkylation sites (N-methyl/N-ethyl adjacent to an activating group) is 1. The van der Waals surface area contributed by atoms with Crippen molar-refractivity contribution >= 4 is 34.8 Å². The summed E-state index contributed by atoms with van der Waals surface area (Å²) in [5.41, 5.74) is 2.50. The van der Waals surface area contributed by atoms with Crippen LogP contribution in [0.1, 0.15) is 36.2 Å². The normalized spacial score (nSPS) is 27.2. The summed E-state index contributed by atoms with van der Waals surface area (Å²) in [5, 5.41) is 48.4. The first kappa shape index (κ1) is 31.5. The molecule has 13 heteroatoms. The van der Waals surface area contributed by atoms with Crippen molar-refractivity contribution in [3.8, 4) is 5.75 Å². The Labute approximate surface area is 255 Å². The van der Waals surface area contributed by atoms with Gasteiger partial charge in [0, 0.05) is 50.9 Å². The lowest BCUT2D eigenvalue weighted by Gasteiger charge is -2.50. The van der Waals surface area contributed by atoms with Gasteiger partial charge < -0.3 is 41.3 Å². The van der Waals surface area contributed by atoms with Crippen molar-refractivity contribution in [1.82, 2.24) is 9.80 Å². The van der Waals surface area contributed by atoms with E-state index in [1.54, 1.807) is 39.2 Å². The molecule has 4 aliphatic rings. The third-order valence-electron chi connectivity index (χ3n) is 9.39. The Morgan fingerprint density at radius 2 is 1.77 bits per heavy atom. The van der Waals surface area contributed by atoms with Gasteiger partial charge in [0.05, 0.1) is 23.2 Å². The minimum atomic E-state index is -2.72. The van der Waals surface area contributed by atoms with Crippen LogP contribution in [0, 0.1) is 23.7 Å². The molecule has 0 radical (unpaired) electrons. The number of aliphatic hydroxyl groups is 3. The highest BCUT2D eigenvalue weighted by Crippen LogP contribution is 2.54. The summed E-state index contributed by atoms with van der Waals surface area (Å²) in [4.78, 5) is 58.4. The van der Waals surface area contributed by atoms with Crippen LogP contribution in [0.4, 0.5) is 11.4 Å². The maximum Gasteiger partial charge on any atom is 0.255 e. The number of rotatable bonds is 7. The molecule has 1 saturated heterocycles. The molecule has 238 valence electrons. The lowest BCUT2D eigenvalue weighted by molar-refractivity contribution is -0.148. The van der Waals surface area contributed by atoms with Crippen molar-refractivity contribution in [1.29, 1.82) is 0 Å². The van der Waals surface area contributed by atoms with Crippen LogP contribution in [0.15, 0.2) is 28.7 Å². The van der Waals surface area contributed by atoms with Crippen LogP contribution >= 0.6 is 0 Å². The summed E-state index contributed by atoms with van der Waals surface area (Å²) in [7, 11) is 6.68. The highest BCUT2D eigenvalue weighted by Gasteiger charge is 2.63. The number of aliphatic hydroxyl groups excluding tert-OH is 2. The number of ketones is 2. The lowest BCUT2D eigenvalue weighted by Crippen LogP contribution is -2.63. The third kappa shape index (κ3) is 4.65. The number of hydrogen-bond acceptors (Lipinski definition) is 11. The molecule has 0 aromatic heterocycles. The number of benzene rings is 1. The molecule has 3 aliphatic carbocycles. The van der Waals surface area contributed by atoms with Crippen LogP contribution in [0.25, 0.3) is 0 Å². The Hall–Kier alpha value is -3.94. The molecule has 1 aromatic rings. The first-order chi connectivity index (χ1) is 20.5. The molecule has 4 atom stereocenters. The van der Waals surface area contributed by atoms with Gasteiger partial charge in [0.25, 0.3) is 5.91 Å². The Morgan fingerprint density at radius 1 is 1.14 bits per heavy atom. The molecule has 44 heavy (non-hydrogen) atoms. The van der Waals surface area contributed by atoms with Gasteiger partial charge >= 0.3 is 0 Å². The van der Waals surface area contributed by atoms with E-state index in [1.165, 1.54) is 4.90 Å². The lowest BCUT2D eigenvalue weighted by atomic mass is 9.58. The van der Waals surface area contributed by atoms with E-state index < -0.39 is 63.8 Å². The van der Waals surface area contributed by atoms with Crippen molar-refractivity contribution in [3.05, 3.63) is 39.9 Å². The molecule has 0 spiro atoms. The van der Waals surface area contributed by atoms with Crippen LogP contribution in [-0.2, 0) is 20.8 Å². The molecular weight excluding hydrogens is 570 g/mol. The van der Waals surface area contributed by atoms with Gasteiger partial charge in [0.2, 0.25) is 11.7 Å². The first-order valence-electron chi connectivity index (χ1n) is 14.7. The molecule has 1 aliphatic heterocycles. The quantitative estimate of drug-likeness (QED) is 0.188. The number of carbonyl (C=O) groups is 4. The van der Waals surface area contributed by atoms with E-state index in [1.807, 2.05) is 0 Å². The van der Waals surface area contributed by atoms with Crippen LogP contribution in [0.2, 0.25) is 0 Å². The molecule has 0 unspecified atom stereocenters. The number of likely N-dealkylation sites (tertiary alicyclic amines) is 1. The summed E-state index contributed by atoms with van der Waals surface area (Å²) in [6.45, 7) is 6.23. The molecule has 0 saturated carbocycles. The van der Waals surface area contributed by atoms with Crippen molar-refractivity contribution in [2.45, 2.75) is 38.3 Å². The molecular formula is C31H41N5O8. The average Bonchev–Trinajstić information content (AvgIpc) is 2.88. The Balaban J connectivity index is 1.58. The topological polar surface area (TPSA) is 197 Å². The van der Waals surface area contributed by atoms with Crippen LogP contribution < -0.4 is 16.0 Å². The number of phenols is 1. The number of Topliss-reactive ketones (excluding diaryl/α,β-unsaturated/α-hetero) is 2. The van der Waals surface area contributed by atoms with E-state index in [0.29, 0.717) is 30.3 Å². The van der Waals surface area contributed by atoms with Crippen molar-refractivity contribution in [2.24, 2.45) is 29.4 Å². The number of nitrogens with zero attached hydrogens (tertiary/aromatic N) is 3. The van der Waals surface area contributed by atoms with E-state index in [9.17, 15) is 39.6 Å². The largest absolute Gasteiger partial charge is 0.510 e. The molecule has 1 fully saturated rings. The molecule has 1 heterocycles. The second-order valence-corrected chi connectivity index (χ2v) is 13.3. The second-order valence-electron chi connectivity index (χ2n) is 13.3. The third-order valence-corrected chi connectivity index (χ3v) is 9.39. The zero-order valence-corrected chi connectivity index (χ0v) is 25.8. The summed E-state index contributed by atoms with van der Waals surface area (Å²) >= 11 is 0. The Bertz CT molecular complexity index is 1520. The van der Waals surface area contributed by atoms with Gasteiger partial charge in [0.15, 0.2) is 17.1 Å². The minimum absolute atomic E-state index is 0.00750. The SMILES string of the molecule is CC(C)CN1CC(C(=O)Nc2cc(N(C)C)c3c(c2O)C(=O)C2=C(O)[C@]4(O)C(=O)C(C(N)=O)=C(O)[C@@H](N(C)C)[C@@H]4C[C@@H]2C3)C1. The van der Waals surface area contributed by atoms with Crippen molar-refractivity contribution in [2.75, 3.05) is 58.0 Å². The zero-order valence-electron chi connectivity index (χ0n) is 25.8. The Kier molecular flexibility index (Phi) is 7.80. The molecule has 13 nitrogen and oxygen atoms in total. The summed E-state index contributed by atoms with van der Waals surface area (Å²) in [6, 6.07) is 0.542. The number of allylic oxidation sites excluding steroid dienone is 1. The van der Waals surface area contributed by atoms with Gasteiger partial charge in [0.1, 0.15) is 17.1 Å². The number of carbonyl (C=O) groups excluding carboxylic acids is 4. The number of anilines is 2. The molecule has 7 N–H and O–H groups in total. The van der Waals surface area contributed by atoms with Crippen LogP contribution in [0.5, 0.6) is 5.75 Å². The van der Waals surface area contributed by atoms with Crippen LogP contribution in [-0.4, -0.2) is 113 Å². The van der Waals surface area contributed by atoms with Crippen molar-refractivity contribution in [3.63, 3.8) is 0 Å². The van der Waals surface area contributed by atoms with Gasteiger partial charge in [-0.1, -0.05) is 13.8 Å². The van der Waals surface area contributed by atoms with Gasteiger partial charge in [-0.05, 0) is 50.4 Å². The maximum absolute atomic E-state index is 14.2. The van der Waals surface area contributed by atoms with Gasteiger partial charge in [-0.3, -0.25) is 24.1 Å². The fourth-order valence-electron chi connectivity index (χ4n) is 7.43. The predicted molar refractivity (Wildman–Crippen MR) is 161 cm³/mol. The number of phenolic OH excluding ortho intramolecular Hbond substituents is 1. The molecule has 5 rings (SSSR count). The van der Waals surface area contributed by atoms with Crippen LogP contribution in [0.3, 0.4) is 0 Å². The number of hydrogen-bond donors (Lipinski definition) is 6. The number of amides is 2. The van der Waals surface area contributed by atoms with Gasteiger partial charge in [-0.2, -0.15) is 0 Å². The predicted octanol–water partition coefficient (Wildman–Crippen LogP) is 0.713. The number of aromatic hydroxyl groups is 1. The van der Waals surface area contributed by atoms with Crippen molar-refractivity contribution < 1.29 is 39.6 Å². The summed E-state index contributed by atoms with van der Waals surface area (Å²) in [6.07, 6.45) is 0.142. The number of nitrogens with two attached hydrogens (primary N) is 1. The smallest absolute Gasteiger partial charge is 0.255 e. The monoisotopic (exact) mass is 611 g/mol. The number of nitrogens with one attached hydrogen (secondary N) is 1. The van der Waals surface area contributed by atoms with Gasteiger partial charge in [-0.25, -0.2) is 0 Å². The fraction of sp³-hybridized carbons (Fsp3) is 0.548. The van der Waals surface area contributed by atoms with E-state index in [4.69, 9.17) is 5.73 Å². The highest BCUT2D eigenvalue weighted by molar-refractivity contribution is 6.25. The van der Waals surface area contributed by atoms with Gasteiger partial charge in [-0.15, -0.1) is 0 Å². The number of primary amides is 1. The highest BCUT2D eigenvalue weighted by atomic mass is 16.3. The summed E-state index contributed by atoms with van der Waals surface area (Å²) < 4.78 is 0. The minimum Gasteiger partial charge on any atom is -0.510 e. The number of fused-ring (bicyclic) bond motifs is 3. The van der Waals surface area contributed by atoms with E-state index in [2.05, 4.69) is 24.1 Å². The molecule has 1 aromatic carbocycles. The van der Waals surface area contributed by atoms with E-state index in [0.717, 1.165) is 6.54 Å². The molecule has 2 amide bonds. The van der Waals surface area contributed by atoms with E-state index in [-0.39, 0.29) is 41.5 Å².